The second-order valence-electron chi connectivity index (χ2n) is 7.57. The molecule has 2 heterocycles. The van der Waals surface area contributed by atoms with E-state index in [2.05, 4.69) is 25.2 Å². The maximum atomic E-state index is 13.1. The van der Waals surface area contributed by atoms with Gasteiger partial charge in [-0.3, -0.25) is 9.69 Å². The Balaban J connectivity index is 1.97. The highest BCUT2D eigenvalue weighted by Crippen LogP contribution is 2.37. The summed E-state index contributed by atoms with van der Waals surface area (Å²) in [6, 6.07) is 5.63. The minimum Gasteiger partial charge on any atom is -0.333 e. The van der Waals surface area contributed by atoms with Crippen molar-refractivity contribution >= 4 is 11.9 Å². The molecule has 1 atom stereocenters. The van der Waals surface area contributed by atoms with Crippen LogP contribution in [0.5, 0.6) is 0 Å². The summed E-state index contributed by atoms with van der Waals surface area (Å²) in [5.41, 5.74) is 4.82. The zero-order valence-corrected chi connectivity index (χ0v) is 15.7. The van der Waals surface area contributed by atoms with Crippen molar-refractivity contribution in [3.05, 3.63) is 46.2 Å². The lowest BCUT2D eigenvalue weighted by Crippen LogP contribution is -2.45. The van der Waals surface area contributed by atoms with Gasteiger partial charge in [-0.25, -0.2) is 4.79 Å². The summed E-state index contributed by atoms with van der Waals surface area (Å²) in [6.45, 7) is 9.64. The van der Waals surface area contributed by atoms with Gasteiger partial charge in [0.15, 0.2) is 0 Å². The maximum Gasteiger partial charge on any atom is 0.322 e. The van der Waals surface area contributed by atoms with Crippen LogP contribution in [0.3, 0.4) is 0 Å². The fraction of sp³-hybridized carbons (Fsp3) is 0.500. The first kappa shape index (κ1) is 17.5. The smallest absolute Gasteiger partial charge is 0.322 e. The van der Waals surface area contributed by atoms with E-state index in [0.717, 1.165) is 35.4 Å². The fourth-order valence-corrected chi connectivity index (χ4v) is 3.60. The first-order valence-corrected chi connectivity index (χ1v) is 8.93. The topological polar surface area (TPSA) is 52.7 Å². The molecule has 2 aliphatic heterocycles. The molecule has 3 amide bonds. The van der Waals surface area contributed by atoms with Gasteiger partial charge in [0, 0.05) is 13.6 Å². The quantitative estimate of drug-likeness (QED) is 0.915. The zero-order chi connectivity index (χ0) is 18.3. The third-order valence-corrected chi connectivity index (χ3v) is 5.15. The first-order chi connectivity index (χ1) is 11.8. The average molecular weight is 341 g/mol. The van der Waals surface area contributed by atoms with Crippen LogP contribution in [0, 0.1) is 19.8 Å². The Bertz CT molecular complexity index is 751. The number of hydrogen-bond acceptors (Lipinski definition) is 2. The molecule has 2 aliphatic rings. The second kappa shape index (κ2) is 6.54. The van der Waals surface area contributed by atoms with E-state index in [0.29, 0.717) is 12.5 Å². The Morgan fingerprint density at radius 1 is 1.24 bits per heavy atom. The summed E-state index contributed by atoms with van der Waals surface area (Å²) in [5, 5.41) is 3.01. The van der Waals surface area contributed by atoms with Gasteiger partial charge >= 0.3 is 6.03 Å². The van der Waals surface area contributed by atoms with Crippen LogP contribution in [0.1, 0.15) is 43.0 Å². The Labute approximate surface area is 149 Å². The summed E-state index contributed by atoms with van der Waals surface area (Å²) in [5.74, 6) is 0.588. The molecule has 1 N–H and O–H groups in total. The van der Waals surface area contributed by atoms with Gasteiger partial charge in [0.25, 0.3) is 5.91 Å². The highest BCUT2D eigenvalue weighted by atomic mass is 16.2. The standard InChI is InChI=1S/C20H27N3O2/c1-12(2)8-9-23-11-16-17(19(23)24)18(21-20(25)22(16)5)15-7-6-13(3)10-14(15)4/h6-7,10,12,18H,8-9,11H2,1-5H3,(H,21,25). The predicted octanol–water partition coefficient (Wildman–Crippen LogP) is 3.14. The van der Waals surface area contributed by atoms with Crippen LogP contribution in [0.25, 0.3) is 0 Å². The summed E-state index contributed by atoms with van der Waals surface area (Å²) in [4.78, 5) is 28.9. The molecule has 0 saturated heterocycles. The van der Waals surface area contributed by atoms with E-state index in [1.807, 2.05) is 30.9 Å². The second-order valence-corrected chi connectivity index (χ2v) is 7.57. The molecule has 134 valence electrons. The lowest BCUT2D eigenvalue weighted by Gasteiger charge is -2.31. The molecule has 1 aromatic carbocycles. The third-order valence-electron chi connectivity index (χ3n) is 5.15. The lowest BCUT2D eigenvalue weighted by atomic mass is 9.91. The van der Waals surface area contributed by atoms with Crippen LogP contribution in [0.4, 0.5) is 4.79 Å². The van der Waals surface area contributed by atoms with E-state index in [4.69, 9.17) is 0 Å². The molecule has 25 heavy (non-hydrogen) atoms. The van der Waals surface area contributed by atoms with Crippen molar-refractivity contribution in [1.82, 2.24) is 15.1 Å². The highest BCUT2D eigenvalue weighted by molar-refractivity contribution is 6.01. The number of benzene rings is 1. The summed E-state index contributed by atoms with van der Waals surface area (Å²) >= 11 is 0. The molecular formula is C20H27N3O2. The Hall–Kier alpha value is -2.30. The number of aryl methyl sites for hydroxylation is 2. The van der Waals surface area contributed by atoms with Crippen molar-refractivity contribution in [2.24, 2.45) is 5.92 Å². The molecule has 0 fully saturated rings. The molecule has 0 saturated carbocycles. The summed E-state index contributed by atoms with van der Waals surface area (Å²) in [7, 11) is 1.74. The van der Waals surface area contributed by atoms with Crippen LogP contribution in [-0.4, -0.2) is 41.9 Å². The van der Waals surface area contributed by atoms with Crippen LogP contribution in [-0.2, 0) is 4.79 Å². The number of nitrogens with zero attached hydrogens (tertiary/aromatic N) is 2. The Kier molecular flexibility index (Phi) is 4.58. The minimum absolute atomic E-state index is 0.0486. The maximum absolute atomic E-state index is 13.1. The van der Waals surface area contributed by atoms with Gasteiger partial charge in [0.2, 0.25) is 0 Å². The van der Waals surface area contributed by atoms with Crippen molar-refractivity contribution < 1.29 is 9.59 Å². The van der Waals surface area contributed by atoms with Gasteiger partial charge < -0.3 is 10.2 Å². The largest absolute Gasteiger partial charge is 0.333 e. The molecule has 0 radical (unpaired) electrons. The first-order valence-electron chi connectivity index (χ1n) is 8.93. The van der Waals surface area contributed by atoms with Gasteiger partial charge in [0.1, 0.15) is 0 Å². The van der Waals surface area contributed by atoms with Crippen molar-refractivity contribution in [1.29, 1.82) is 0 Å². The third kappa shape index (κ3) is 3.15. The van der Waals surface area contributed by atoms with Crippen LogP contribution < -0.4 is 5.32 Å². The average Bonchev–Trinajstić information content (AvgIpc) is 2.87. The van der Waals surface area contributed by atoms with Crippen molar-refractivity contribution in [3.8, 4) is 0 Å². The van der Waals surface area contributed by atoms with E-state index in [1.165, 1.54) is 5.56 Å². The van der Waals surface area contributed by atoms with E-state index < -0.39 is 0 Å². The molecule has 0 spiro atoms. The minimum atomic E-state index is -0.365. The van der Waals surface area contributed by atoms with Crippen LogP contribution in [0.2, 0.25) is 0 Å². The molecule has 3 rings (SSSR count). The number of carbonyl (C=O) groups is 2. The Morgan fingerprint density at radius 3 is 2.60 bits per heavy atom. The van der Waals surface area contributed by atoms with Crippen molar-refractivity contribution in [2.75, 3.05) is 20.1 Å². The SMILES string of the molecule is Cc1ccc(C2NC(=O)N(C)C3=C2C(=O)N(CCC(C)C)C3)c(C)c1. The molecule has 1 aromatic rings. The number of likely N-dealkylation sites (N-methyl/N-ethyl adjacent to an activating group) is 1. The summed E-state index contributed by atoms with van der Waals surface area (Å²) in [6.07, 6.45) is 0.964. The normalized spacial score (nSPS) is 20.5. The number of hydrogen-bond donors (Lipinski definition) is 1. The summed E-state index contributed by atoms with van der Waals surface area (Å²) < 4.78 is 0. The van der Waals surface area contributed by atoms with Crippen molar-refractivity contribution in [2.45, 2.75) is 40.2 Å². The molecule has 0 bridgehead atoms. The number of nitrogens with one attached hydrogen (secondary N) is 1. The van der Waals surface area contributed by atoms with E-state index in [9.17, 15) is 9.59 Å². The van der Waals surface area contributed by atoms with Gasteiger partial charge in [0.05, 0.1) is 23.9 Å². The monoisotopic (exact) mass is 341 g/mol. The number of urea groups is 1. The predicted molar refractivity (Wildman–Crippen MR) is 98.0 cm³/mol. The number of amides is 3. The number of carbonyl (C=O) groups excluding carboxylic acids is 2. The van der Waals surface area contributed by atoms with Crippen LogP contribution in [0.15, 0.2) is 29.5 Å². The molecule has 0 aliphatic carbocycles. The Morgan fingerprint density at radius 2 is 1.96 bits per heavy atom. The lowest BCUT2D eigenvalue weighted by molar-refractivity contribution is -0.125. The number of rotatable bonds is 4. The molecular weight excluding hydrogens is 314 g/mol. The van der Waals surface area contributed by atoms with Crippen LogP contribution >= 0.6 is 0 Å². The van der Waals surface area contributed by atoms with Gasteiger partial charge in [-0.2, -0.15) is 0 Å². The highest BCUT2D eigenvalue weighted by Gasteiger charge is 2.42. The van der Waals surface area contributed by atoms with Gasteiger partial charge in [-0.1, -0.05) is 37.6 Å². The molecule has 1 unspecified atom stereocenters. The van der Waals surface area contributed by atoms with Gasteiger partial charge in [-0.15, -0.1) is 0 Å². The van der Waals surface area contributed by atoms with E-state index in [-0.39, 0.29) is 18.0 Å². The molecule has 5 heteroatoms. The molecule has 0 aromatic heterocycles. The van der Waals surface area contributed by atoms with Crippen molar-refractivity contribution in [3.63, 3.8) is 0 Å². The zero-order valence-electron chi connectivity index (χ0n) is 15.7. The van der Waals surface area contributed by atoms with E-state index >= 15 is 0 Å². The van der Waals surface area contributed by atoms with Gasteiger partial charge in [-0.05, 0) is 37.3 Å². The molecule has 5 nitrogen and oxygen atoms in total. The fourth-order valence-electron chi connectivity index (χ4n) is 3.60. The van der Waals surface area contributed by atoms with E-state index in [1.54, 1.807) is 11.9 Å².